The van der Waals surface area contributed by atoms with E-state index in [1.54, 1.807) is 12.4 Å². The molecule has 1 saturated heterocycles. The molecule has 4 rings (SSSR count). The van der Waals surface area contributed by atoms with Crippen molar-refractivity contribution in [3.05, 3.63) is 42.2 Å². The minimum absolute atomic E-state index is 0.174. The third-order valence-corrected chi connectivity index (χ3v) is 4.87. The van der Waals surface area contributed by atoms with Gasteiger partial charge in [-0.3, -0.25) is 4.79 Å². The number of carbonyl (C=O) groups excluding carboxylic acids is 1. The smallest absolute Gasteiger partial charge is 0.316 e. The van der Waals surface area contributed by atoms with Crippen LogP contribution >= 0.6 is 0 Å². The summed E-state index contributed by atoms with van der Waals surface area (Å²) in [4.78, 5) is 27.2. The summed E-state index contributed by atoms with van der Waals surface area (Å²) in [7, 11) is 1.54. The number of fused-ring (bicyclic) bond motifs is 1. The number of hydrogen-bond donors (Lipinski definition) is 0. The van der Waals surface area contributed by atoms with Gasteiger partial charge in [0, 0.05) is 41.5 Å². The Labute approximate surface area is 151 Å². The molecule has 3 aromatic rings. The van der Waals surface area contributed by atoms with Crippen molar-refractivity contribution in [1.82, 2.24) is 15.0 Å². The van der Waals surface area contributed by atoms with E-state index in [2.05, 4.69) is 23.8 Å². The number of pyridine rings is 1. The molecule has 0 saturated carbocycles. The SMILES string of the molecule is COc1ncc(-c2cc(C)c3ccc(N4C(=O)CCC4C)cc3n2)cn1. The topological polar surface area (TPSA) is 68.2 Å². The fourth-order valence-corrected chi connectivity index (χ4v) is 3.47. The number of aryl methyl sites for hydroxylation is 1. The summed E-state index contributed by atoms with van der Waals surface area (Å²) in [6.07, 6.45) is 4.91. The Balaban J connectivity index is 1.80. The lowest BCUT2D eigenvalue weighted by Gasteiger charge is -2.22. The zero-order chi connectivity index (χ0) is 18.3. The predicted octanol–water partition coefficient (Wildman–Crippen LogP) is 3.52. The lowest BCUT2D eigenvalue weighted by molar-refractivity contribution is -0.117. The van der Waals surface area contributed by atoms with Crippen molar-refractivity contribution < 1.29 is 9.53 Å². The van der Waals surface area contributed by atoms with Gasteiger partial charge in [0.05, 0.1) is 18.3 Å². The van der Waals surface area contributed by atoms with Crippen LogP contribution in [0.15, 0.2) is 36.7 Å². The van der Waals surface area contributed by atoms with Crippen LogP contribution in [-0.2, 0) is 4.79 Å². The maximum atomic E-state index is 12.2. The van der Waals surface area contributed by atoms with Crippen molar-refractivity contribution >= 4 is 22.5 Å². The van der Waals surface area contributed by atoms with E-state index < -0.39 is 0 Å². The molecule has 1 aromatic carbocycles. The van der Waals surface area contributed by atoms with Gasteiger partial charge < -0.3 is 9.64 Å². The molecule has 1 unspecified atom stereocenters. The van der Waals surface area contributed by atoms with E-state index in [1.807, 2.05) is 29.2 Å². The summed E-state index contributed by atoms with van der Waals surface area (Å²) < 4.78 is 5.01. The fourth-order valence-electron chi connectivity index (χ4n) is 3.47. The monoisotopic (exact) mass is 348 g/mol. The Morgan fingerprint density at radius 2 is 1.96 bits per heavy atom. The second kappa shape index (κ2) is 6.37. The Morgan fingerprint density at radius 3 is 2.62 bits per heavy atom. The number of anilines is 1. The summed E-state index contributed by atoms with van der Waals surface area (Å²) >= 11 is 0. The number of benzene rings is 1. The van der Waals surface area contributed by atoms with E-state index >= 15 is 0 Å². The first-order chi connectivity index (χ1) is 12.6. The van der Waals surface area contributed by atoms with Crippen LogP contribution in [0.5, 0.6) is 6.01 Å². The van der Waals surface area contributed by atoms with Crippen molar-refractivity contribution in [2.24, 2.45) is 0 Å². The molecular weight excluding hydrogens is 328 g/mol. The molecule has 1 aliphatic rings. The van der Waals surface area contributed by atoms with Crippen LogP contribution in [0.4, 0.5) is 5.69 Å². The van der Waals surface area contributed by atoms with Gasteiger partial charge in [-0.25, -0.2) is 15.0 Å². The Bertz CT molecular complexity index is 985. The predicted molar refractivity (Wildman–Crippen MR) is 100 cm³/mol. The van der Waals surface area contributed by atoms with Crippen LogP contribution in [0.3, 0.4) is 0 Å². The van der Waals surface area contributed by atoms with Crippen molar-refractivity contribution in [3.8, 4) is 17.3 Å². The number of rotatable bonds is 3. The largest absolute Gasteiger partial charge is 0.467 e. The highest BCUT2D eigenvalue weighted by atomic mass is 16.5. The lowest BCUT2D eigenvalue weighted by Crippen LogP contribution is -2.30. The second-order valence-electron chi connectivity index (χ2n) is 6.64. The average molecular weight is 348 g/mol. The van der Waals surface area contributed by atoms with Gasteiger partial charge in [-0.15, -0.1) is 0 Å². The first-order valence-corrected chi connectivity index (χ1v) is 8.66. The van der Waals surface area contributed by atoms with E-state index in [9.17, 15) is 4.79 Å². The Morgan fingerprint density at radius 1 is 1.19 bits per heavy atom. The normalized spacial score (nSPS) is 17.1. The molecule has 2 aromatic heterocycles. The van der Waals surface area contributed by atoms with E-state index in [4.69, 9.17) is 9.72 Å². The van der Waals surface area contributed by atoms with Crippen LogP contribution in [0.1, 0.15) is 25.3 Å². The number of hydrogen-bond acceptors (Lipinski definition) is 5. The first kappa shape index (κ1) is 16.4. The number of amides is 1. The molecule has 0 spiro atoms. The maximum absolute atomic E-state index is 12.2. The highest BCUT2D eigenvalue weighted by molar-refractivity contribution is 5.98. The molecular formula is C20H20N4O2. The molecule has 0 aliphatic carbocycles. The number of ether oxygens (including phenoxy) is 1. The van der Waals surface area contributed by atoms with Crippen molar-refractivity contribution in [2.45, 2.75) is 32.7 Å². The van der Waals surface area contributed by atoms with Crippen LogP contribution < -0.4 is 9.64 Å². The van der Waals surface area contributed by atoms with Crippen LogP contribution in [-0.4, -0.2) is 34.0 Å². The highest BCUT2D eigenvalue weighted by Crippen LogP contribution is 2.31. The molecule has 1 aliphatic heterocycles. The van der Waals surface area contributed by atoms with Gasteiger partial charge in [0.25, 0.3) is 0 Å². The van der Waals surface area contributed by atoms with Gasteiger partial charge in [0.15, 0.2) is 0 Å². The molecule has 1 atom stereocenters. The standard InChI is InChI=1S/C20H20N4O2/c1-12-8-17(14-10-21-20(26-3)22-11-14)23-18-9-15(5-6-16(12)18)24-13(2)4-7-19(24)25/h5-6,8-11,13H,4,7H2,1-3H3. The summed E-state index contributed by atoms with van der Waals surface area (Å²) in [6.45, 7) is 4.14. The van der Waals surface area contributed by atoms with Gasteiger partial charge in [0.2, 0.25) is 5.91 Å². The molecule has 3 heterocycles. The Kier molecular flexibility index (Phi) is 4.03. The molecule has 1 amide bonds. The Hall–Kier alpha value is -3.02. The van der Waals surface area contributed by atoms with E-state index in [-0.39, 0.29) is 11.9 Å². The summed E-state index contributed by atoms with van der Waals surface area (Å²) in [5.41, 5.74) is 4.51. The molecule has 1 fully saturated rings. The third kappa shape index (κ3) is 2.77. The van der Waals surface area contributed by atoms with Crippen molar-refractivity contribution in [3.63, 3.8) is 0 Å². The number of methoxy groups -OCH3 is 1. The van der Waals surface area contributed by atoms with Crippen LogP contribution in [0, 0.1) is 6.92 Å². The van der Waals surface area contributed by atoms with Crippen molar-refractivity contribution in [2.75, 3.05) is 12.0 Å². The molecule has 132 valence electrons. The second-order valence-corrected chi connectivity index (χ2v) is 6.64. The highest BCUT2D eigenvalue weighted by Gasteiger charge is 2.28. The molecule has 0 bridgehead atoms. The van der Waals surface area contributed by atoms with Gasteiger partial charge in [-0.1, -0.05) is 6.07 Å². The van der Waals surface area contributed by atoms with Crippen molar-refractivity contribution in [1.29, 1.82) is 0 Å². The van der Waals surface area contributed by atoms with Crippen LogP contribution in [0.2, 0.25) is 0 Å². The first-order valence-electron chi connectivity index (χ1n) is 8.66. The van der Waals surface area contributed by atoms with E-state index in [0.29, 0.717) is 12.4 Å². The third-order valence-electron chi connectivity index (χ3n) is 4.87. The minimum atomic E-state index is 0.174. The lowest BCUT2D eigenvalue weighted by atomic mass is 10.1. The van der Waals surface area contributed by atoms with E-state index in [1.165, 1.54) is 7.11 Å². The zero-order valence-electron chi connectivity index (χ0n) is 15.1. The minimum Gasteiger partial charge on any atom is -0.467 e. The maximum Gasteiger partial charge on any atom is 0.316 e. The summed E-state index contributed by atoms with van der Waals surface area (Å²) in [5.74, 6) is 0.174. The summed E-state index contributed by atoms with van der Waals surface area (Å²) in [6, 6.07) is 8.62. The van der Waals surface area contributed by atoms with Crippen LogP contribution in [0.25, 0.3) is 22.2 Å². The summed E-state index contributed by atoms with van der Waals surface area (Å²) in [5, 5.41) is 1.08. The van der Waals surface area contributed by atoms with Gasteiger partial charge >= 0.3 is 6.01 Å². The molecule has 6 heteroatoms. The van der Waals surface area contributed by atoms with Gasteiger partial charge in [-0.2, -0.15) is 0 Å². The molecule has 0 N–H and O–H groups in total. The molecule has 6 nitrogen and oxygen atoms in total. The van der Waals surface area contributed by atoms with Gasteiger partial charge in [0.1, 0.15) is 0 Å². The number of nitrogens with zero attached hydrogens (tertiary/aromatic N) is 4. The van der Waals surface area contributed by atoms with Gasteiger partial charge in [-0.05, 0) is 44.0 Å². The molecule has 0 radical (unpaired) electrons. The zero-order valence-corrected chi connectivity index (χ0v) is 15.1. The quantitative estimate of drug-likeness (QED) is 0.724. The number of aromatic nitrogens is 3. The fraction of sp³-hybridized carbons (Fsp3) is 0.300. The molecule has 26 heavy (non-hydrogen) atoms. The number of carbonyl (C=O) groups is 1. The van der Waals surface area contributed by atoms with E-state index in [0.717, 1.165) is 39.8 Å². The average Bonchev–Trinajstić information content (AvgIpc) is 2.99.